The number of carboxylic acid groups (broad SMARTS) is 1. The van der Waals surface area contributed by atoms with Crippen molar-refractivity contribution < 1.29 is 14.7 Å². The number of carbonyl (C=O) groups excluding carboxylic acids is 1. The molecular formula is C18H26N2O3. The van der Waals surface area contributed by atoms with Crippen LogP contribution in [0.3, 0.4) is 0 Å². The largest absolute Gasteiger partial charge is 0.481 e. The maximum atomic E-state index is 12.1. The first kappa shape index (κ1) is 17.3. The van der Waals surface area contributed by atoms with Crippen molar-refractivity contribution >= 4 is 12.0 Å². The van der Waals surface area contributed by atoms with E-state index in [0.717, 1.165) is 25.7 Å². The molecule has 5 heteroatoms. The van der Waals surface area contributed by atoms with Crippen LogP contribution in [0.2, 0.25) is 0 Å². The predicted molar refractivity (Wildman–Crippen MR) is 89.4 cm³/mol. The molecule has 1 saturated carbocycles. The van der Waals surface area contributed by atoms with E-state index in [9.17, 15) is 9.59 Å². The molecule has 1 fully saturated rings. The first-order valence-corrected chi connectivity index (χ1v) is 8.26. The molecule has 0 aromatic heterocycles. The van der Waals surface area contributed by atoms with E-state index in [4.69, 9.17) is 5.11 Å². The van der Waals surface area contributed by atoms with Crippen LogP contribution in [0.5, 0.6) is 0 Å². The number of benzene rings is 1. The van der Waals surface area contributed by atoms with Crippen LogP contribution in [-0.4, -0.2) is 41.6 Å². The Balaban J connectivity index is 1.77. The number of amides is 2. The SMILES string of the molecule is CC(CN(C)C(=O)NC1CCC(c2ccccc2)CC1)C(=O)O. The van der Waals surface area contributed by atoms with Gasteiger partial charge in [0.25, 0.3) is 0 Å². The summed E-state index contributed by atoms with van der Waals surface area (Å²) in [4.78, 5) is 24.5. The van der Waals surface area contributed by atoms with Gasteiger partial charge < -0.3 is 15.3 Å². The summed E-state index contributed by atoms with van der Waals surface area (Å²) in [5, 5.41) is 11.9. The van der Waals surface area contributed by atoms with Crippen LogP contribution < -0.4 is 5.32 Å². The maximum absolute atomic E-state index is 12.1. The van der Waals surface area contributed by atoms with E-state index in [2.05, 4.69) is 29.6 Å². The van der Waals surface area contributed by atoms with Gasteiger partial charge in [-0.15, -0.1) is 0 Å². The van der Waals surface area contributed by atoms with E-state index >= 15 is 0 Å². The van der Waals surface area contributed by atoms with Gasteiger partial charge in [-0.05, 0) is 37.2 Å². The van der Waals surface area contributed by atoms with E-state index < -0.39 is 11.9 Å². The number of urea groups is 1. The van der Waals surface area contributed by atoms with Crippen LogP contribution in [0.25, 0.3) is 0 Å². The molecule has 2 N–H and O–H groups in total. The first-order chi connectivity index (χ1) is 11.0. The lowest BCUT2D eigenvalue weighted by Gasteiger charge is -2.31. The minimum Gasteiger partial charge on any atom is -0.481 e. The molecule has 0 radical (unpaired) electrons. The maximum Gasteiger partial charge on any atom is 0.317 e. The molecule has 0 heterocycles. The summed E-state index contributed by atoms with van der Waals surface area (Å²) < 4.78 is 0. The Labute approximate surface area is 137 Å². The lowest BCUT2D eigenvalue weighted by molar-refractivity contribution is -0.141. The lowest BCUT2D eigenvalue weighted by atomic mass is 9.82. The number of rotatable bonds is 5. The quantitative estimate of drug-likeness (QED) is 0.876. The van der Waals surface area contributed by atoms with E-state index in [-0.39, 0.29) is 18.6 Å². The second-order valence-corrected chi connectivity index (χ2v) is 6.53. The van der Waals surface area contributed by atoms with Crippen LogP contribution in [0.15, 0.2) is 30.3 Å². The third-order valence-electron chi connectivity index (χ3n) is 4.64. The molecule has 1 atom stereocenters. The molecule has 5 nitrogen and oxygen atoms in total. The summed E-state index contributed by atoms with van der Waals surface area (Å²) in [6.45, 7) is 1.83. The van der Waals surface area contributed by atoms with Gasteiger partial charge in [-0.1, -0.05) is 37.3 Å². The number of aliphatic carboxylic acids is 1. The van der Waals surface area contributed by atoms with Gasteiger partial charge in [0.05, 0.1) is 5.92 Å². The summed E-state index contributed by atoms with van der Waals surface area (Å²) in [5.74, 6) is -0.860. The number of hydrogen-bond donors (Lipinski definition) is 2. The fourth-order valence-electron chi connectivity index (χ4n) is 3.15. The Morgan fingerprint density at radius 2 is 1.83 bits per heavy atom. The minimum absolute atomic E-state index is 0.179. The van der Waals surface area contributed by atoms with Crippen molar-refractivity contribution in [2.45, 2.75) is 44.6 Å². The van der Waals surface area contributed by atoms with Crippen LogP contribution in [-0.2, 0) is 4.79 Å². The molecule has 1 aromatic carbocycles. The van der Waals surface area contributed by atoms with E-state index in [1.807, 2.05) is 6.07 Å². The molecule has 1 aliphatic rings. The molecule has 2 rings (SSSR count). The molecule has 2 amide bonds. The Kier molecular flexibility index (Phi) is 6.02. The summed E-state index contributed by atoms with van der Waals surface area (Å²) in [7, 11) is 1.64. The van der Waals surface area contributed by atoms with Gasteiger partial charge in [0.15, 0.2) is 0 Å². The third kappa shape index (κ3) is 4.98. The fourth-order valence-corrected chi connectivity index (χ4v) is 3.15. The Hall–Kier alpha value is -2.04. The highest BCUT2D eigenvalue weighted by atomic mass is 16.4. The van der Waals surface area contributed by atoms with Crippen LogP contribution in [0.1, 0.15) is 44.1 Å². The Morgan fingerprint density at radius 1 is 1.22 bits per heavy atom. The average Bonchev–Trinajstić information content (AvgIpc) is 2.56. The van der Waals surface area contributed by atoms with Gasteiger partial charge in [-0.25, -0.2) is 4.79 Å². The van der Waals surface area contributed by atoms with Crippen molar-refractivity contribution in [3.63, 3.8) is 0 Å². The van der Waals surface area contributed by atoms with Gasteiger partial charge in [0.2, 0.25) is 0 Å². The fraction of sp³-hybridized carbons (Fsp3) is 0.556. The average molecular weight is 318 g/mol. The summed E-state index contributed by atoms with van der Waals surface area (Å²) in [6.07, 6.45) is 4.08. The van der Waals surface area contributed by atoms with Crippen molar-refractivity contribution in [2.75, 3.05) is 13.6 Å². The molecule has 126 valence electrons. The number of carboxylic acids is 1. The third-order valence-corrected chi connectivity index (χ3v) is 4.64. The highest BCUT2D eigenvalue weighted by Crippen LogP contribution is 2.32. The smallest absolute Gasteiger partial charge is 0.317 e. The van der Waals surface area contributed by atoms with E-state index in [0.29, 0.717) is 5.92 Å². The van der Waals surface area contributed by atoms with Gasteiger partial charge >= 0.3 is 12.0 Å². The van der Waals surface area contributed by atoms with Gasteiger partial charge in [0, 0.05) is 19.6 Å². The highest BCUT2D eigenvalue weighted by Gasteiger charge is 2.25. The van der Waals surface area contributed by atoms with Crippen LogP contribution >= 0.6 is 0 Å². The van der Waals surface area contributed by atoms with Crippen molar-refractivity contribution in [2.24, 2.45) is 5.92 Å². The number of nitrogens with one attached hydrogen (secondary N) is 1. The molecule has 1 aliphatic carbocycles. The molecule has 0 aliphatic heterocycles. The standard InChI is InChI=1S/C18H26N2O3/c1-13(17(21)22)12-20(2)18(23)19-16-10-8-15(9-11-16)14-6-4-3-5-7-14/h3-7,13,15-16H,8-12H2,1-2H3,(H,19,23)(H,21,22). The number of hydrogen-bond acceptors (Lipinski definition) is 2. The van der Waals surface area contributed by atoms with Gasteiger partial charge in [-0.2, -0.15) is 0 Å². The highest BCUT2D eigenvalue weighted by molar-refractivity contribution is 5.76. The van der Waals surface area contributed by atoms with Crippen molar-refractivity contribution in [1.29, 1.82) is 0 Å². The zero-order valence-corrected chi connectivity index (χ0v) is 13.9. The van der Waals surface area contributed by atoms with Crippen LogP contribution in [0.4, 0.5) is 4.79 Å². The molecule has 0 saturated heterocycles. The number of carbonyl (C=O) groups is 2. The van der Waals surface area contributed by atoms with E-state index in [1.165, 1.54) is 10.5 Å². The zero-order chi connectivity index (χ0) is 16.8. The molecule has 0 spiro atoms. The second kappa shape index (κ2) is 7.99. The van der Waals surface area contributed by atoms with Crippen molar-refractivity contribution in [1.82, 2.24) is 10.2 Å². The molecule has 1 unspecified atom stereocenters. The van der Waals surface area contributed by atoms with E-state index in [1.54, 1.807) is 14.0 Å². The zero-order valence-electron chi connectivity index (χ0n) is 13.9. The lowest BCUT2D eigenvalue weighted by Crippen LogP contribution is -2.46. The predicted octanol–water partition coefficient (Wildman–Crippen LogP) is 3.07. The molecule has 23 heavy (non-hydrogen) atoms. The Morgan fingerprint density at radius 3 is 2.39 bits per heavy atom. The summed E-state index contributed by atoms with van der Waals surface area (Å²) >= 11 is 0. The molecular weight excluding hydrogens is 292 g/mol. The van der Waals surface area contributed by atoms with Crippen molar-refractivity contribution in [3.05, 3.63) is 35.9 Å². The summed E-state index contributed by atoms with van der Waals surface area (Å²) in [6, 6.07) is 10.5. The topological polar surface area (TPSA) is 69.6 Å². The van der Waals surface area contributed by atoms with Crippen molar-refractivity contribution in [3.8, 4) is 0 Å². The number of nitrogens with zero attached hydrogens (tertiary/aromatic N) is 1. The second-order valence-electron chi connectivity index (χ2n) is 6.53. The molecule has 0 bridgehead atoms. The summed E-state index contributed by atoms with van der Waals surface area (Å²) in [5.41, 5.74) is 1.38. The molecule has 1 aromatic rings. The minimum atomic E-state index is -0.881. The van der Waals surface area contributed by atoms with Crippen LogP contribution in [0, 0.1) is 5.92 Å². The van der Waals surface area contributed by atoms with Gasteiger partial charge in [0.1, 0.15) is 0 Å². The first-order valence-electron chi connectivity index (χ1n) is 8.26. The monoisotopic (exact) mass is 318 g/mol. The van der Waals surface area contributed by atoms with Gasteiger partial charge in [-0.3, -0.25) is 4.79 Å². The normalized spacial score (nSPS) is 22.2. The Bertz CT molecular complexity index is 524.